The molecule has 94 valence electrons. The number of nitrogens with zero attached hydrogens (tertiary/aromatic N) is 4. The Hall–Kier alpha value is -1.30. The number of aromatic nitrogens is 4. The van der Waals surface area contributed by atoms with Crippen LogP contribution in [0.3, 0.4) is 0 Å². The second kappa shape index (κ2) is 4.42. The summed E-state index contributed by atoms with van der Waals surface area (Å²) in [5, 5.41) is 8.33. The molecule has 1 aliphatic heterocycles. The van der Waals surface area contributed by atoms with E-state index in [0.29, 0.717) is 5.82 Å². The van der Waals surface area contributed by atoms with Crippen molar-refractivity contribution in [1.29, 1.82) is 0 Å². The van der Waals surface area contributed by atoms with Crippen molar-refractivity contribution in [3.63, 3.8) is 0 Å². The predicted molar refractivity (Wildman–Crippen MR) is 69.0 cm³/mol. The molecule has 0 aliphatic carbocycles. The third-order valence-corrected chi connectivity index (χ3v) is 3.72. The van der Waals surface area contributed by atoms with Crippen LogP contribution in [0.15, 0.2) is 22.8 Å². The molecular formula is C12H12BrFN4. The number of fused-ring (bicyclic) bond motifs is 1. The van der Waals surface area contributed by atoms with Crippen LogP contribution in [0.25, 0.3) is 11.5 Å². The summed E-state index contributed by atoms with van der Waals surface area (Å²) in [5.74, 6) is 1.76. The van der Waals surface area contributed by atoms with Crippen LogP contribution in [-0.2, 0) is 0 Å². The Morgan fingerprint density at radius 1 is 1.44 bits per heavy atom. The highest BCUT2D eigenvalue weighted by molar-refractivity contribution is 9.10. The lowest BCUT2D eigenvalue weighted by Crippen LogP contribution is -2.08. The van der Waals surface area contributed by atoms with Gasteiger partial charge in [0.25, 0.3) is 0 Å². The Morgan fingerprint density at radius 3 is 3.00 bits per heavy atom. The molecule has 0 aromatic carbocycles. The number of alkyl halides is 1. The van der Waals surface area contributed by atoms with Gasteiger partial charge in [0.05, 0.1) is 6.04 Å². The van der Waals surface area contributed by atoms with Crippen LogP contribution in [-0.4, -0.2) is 26.4 Å². The van der Waals surface area contributed by atoms with E-state index in [0.717, 1.165) is 22.5 Å². The largest absolute Gasteiger partial charge is 0.304 e. The van der Waals surface area contributed by atoms with Crippen molar-refractivity contribution in [2.45, 2.75) is 25.3 Å². The van der Waals surface area contributed by atoms with Crippen molar-refractivity contribution in [3.8, 4) is 11.5 Å². The van der Waals surface area contributed by atoms with Gasteiger partial charge in [0.2, 0.25) is 0 Å². The summed E-state index contributed by atoms with van der Waals surface area (Å²) in [4.78, 5) is 4.36. The van der Waals surface area contributed by atoms with Gasteiger partial charge in [-0.05, 0) is 34.5 Å². The molecule has 2 aromatic heterocycles. The quantitative estimate of drug-likeness (QED) is 0.800. The van der Waals surface area contributed by atoms with E-state index < -0.39 is 6.67 Å². The molecule has 0 unspecified atom stereocenters. The fourth-order valence-corrected chi connectivity index (χ4v) is 2.80. The predicted octanol–water partition coefficient (Wildman–Crippen LogP) is 3.12. The number of hydrogen-bond donors (Lipinski definition) is 0. The molecule has 0 bridgehead atoms. The lowest BCUT2D eigenvalue weighted by molar-refractivity contribution is 0.362. The van der Waals surface area contributed by atoms with Gasteiger partial charge in [-0.3, -0.25) is 0 Å². The zero-order valence-electron chi connectivity index (χ0n) is 9.85. The van der Waals surface area contributed by atoms with Gasteiger partial charge in [-0.25, -0.2) is 9.37 Å². The summed E-state index contributed by atoms with van der Waals surface area (Å²) in [6.45, 7) is 1.66. The van der Waals surface area contributed by atoms with E-state index in [-0.39, 0.29) is 12.0 Å². The van der Waals surface area contributed by atoms with Crippen LogP contribution < -0.4 is 0 Å². The highest BCUT2D eigenvalue weighted by atomic mass is 79.9. The van der Waals surface area contributed by atoms with Gasteiger partial charge in [-0.1, -0.05) is 13.0 Å². The van der Waals surface area contributed by atoms with Crippen LogP contribution in [0.4, 0.5) is 4.39 Å². The van der Waals surface area contributed by atoms with Gasteiger partial charge in [0.15, 0.2) is 5.82 Å². The molecule has 0 amide bonds. The molecule has 3 heterocycles. The van der Waals surface area contributed by atoms with E-state index >= 15 is 0 Å². The second-order valence-corrected chi connectivity index (χ2v) is 5.35. The average molecular weight is 311 g/mol. The van der Waals surface area contributed by atoms with Crippen LogP contribution >= 0.6 is 15.9 Å². The van der Waals surface area contributed by atoms with Crippen molar-refractivity contribution >= 4 is 15.9 Å². The third kappa shape index (κ3) is 1.75. The second-order valence-electron chi connectivity index (χ2n) is 4.54. The molecule has 2 atom stereocenters. The number of halogens is 2. The zero-order chi connectivity index (χ0) is 12.7. The molecule has 4 nitrogen and oxygen atoms in total. The van der Waals surface area contributed by atoms with Gasteiger partial charge < -0.3 is 4.57 Å². The first-order valence-electron chi connectivity index (χ1n) is 5.84. The molecule has 1 aliphatic rings. The number of rotatable bonds is 2. The van der Waals surface area contributed by atoms with Gasteiger partial charge in [-0.15, -0.1) is 10.2 Å². The van der Waals surface area contributed by atoms with E-state index in [2.05, 4.69) is 31.1 Å². The van der Waals surface area contributed by atoms with E-state index in [1.54, 1.807) is 0 Å². The number of hydrogen-bond acceptors (Lipinski definition) is 3. The first kappa shape index (κ1) is 11.8. The zero-order valence-corrected chi connectivity index (χ0v) is 11.4. The first-order valence-corrected chi connectivity index (χ1v) is 6.63. The molecule has 18 heavy (non-hydrogen) atoms. The molecule has 0 fully saturated rings. The van der Waals surface area contributed by atoms with Gasteiger partial charge in [0, 0.05) is 5.92 Å². The van der Waals surface area contributed by atoms with E-state index in [4.69, 9.17) is 0 Å². The minimum Gasteiger partial charge on any atom is -0.304 e. The minimum atomic E-state index is -0.392. The SMILES string of the molecule is C[C@@H]1C[C@H](CF)n2c(-c3cccc(Br)n3)nnc21. The molecule has 0 spiro atoms. The summed E-state index contributed by atoms with van der Waals surface area (Å²) in [6, 6.07) is 5.43. The molecule has 0 saturated heterocycles. The van der Waals surface area contributed by atoms with Crippen molar-refractivity contribution in [2.75, 3.05) is 6.67 Å². The fourth-order valence-electron chi connectivity index (χ4n) is 2.46. The minimum absolute atomic E-state index is 0.166. The lowest BCUT2D eigenvalue weighted by atomic mass is 10.1. The van der Waals surface area contributed by atoms with Crippen molar-refractivity contribution in [1.82, 2.24) is 19.7 Å². The van der Waals surface area contributed by atoms with E-state index in [9.17, 15) is 4.39 Å². The Morgan fingerprint density at radius 2 is 2.28 bits per heavy atom. The van der Waals surface area contributed by atoms with Crippen LogP contribution in [0, 0.1) is 0 Å². The molecule has 6 heteroatoms. The van der Waals surface area contributed by atoms with Crippen molar-refractivity contribution in [3.05, 3.63) is 28.6 Å². The van der Waals surface area contributed by atoms with E-state index in [1.165, 1.54) is 0 Å². The van der Waals surface area contributed by atoms with E-state index in [1.807, 2.05) is 29.7 Å². The highest BCUT2D eigenvalue weighted by Gasteiger charge is 2.33. The maximum Gasteiger partial charge on any atom is 0.183 e. The normalized spacial score (nSPS) is 22.2. The molecule has 2 aromatic rings. The molecular weight excluding hydrogens is 299 g/mol. The average Bonchev–Trinajstić information content (AvgIpc) is 2.91. The van der Waals surface area contributed by atoms with Gasteiger partial charge in [0.1, 0.15) is 22.8 Å². The third-order valence-electron chi connectivity index (χ3n) is 3.28. The summed E-state index contributed by atoms with van der Waals surface area (Å²) in [6.07, 6.45) is 0.780. The molecule has 0 N–H and O–H groups in total. The lowest BCUT2D eigenvalue weighted by Gasteiger charge is -2.10. The Labute approximate surface area is 112 Å². The number of pyridine rings is 1. The standard InChI is InChI=1S/C12H12BrFN4/c1-7-5-8(6-14)18-11(7)16-17-12(18)9-3-2-4-10(13)15-9/h2-4,7-8H,5-6H2,1H3/t7-,8-/m1/s1. The Balaban J connectivity index is 2.13. The topological polar surface area (TPSA) is 43.6 Å². The van der Waals surface area contributed by atoms with Gasteiger partial charge >= 0.3 is 0 Å². The fraction of sp³-hybridized carbons (Fsp3) is 0.417. The first-order chi connectivity index (χ1) is 8.70. The summed E-state index contributed by atoms with van der Waals surface area (Å²) >= 11 is 3.33. The smallest absolute Gasteiger partial charge is 0.183 e. The van der Waals surface area contributed by atoms with Crippen LogP contribution in [0.1, 0.15) is 31.1 Å². The summed E-state index contributed by atoms with van der Waals surface area (Å²) in [5.41, 5.74) is 0.718. The Kier molecular flexibility index (Phi) is 2.89. The maximum atomic E-state index is 13.1. The maximum absolute atomic E-state index is 13.1. The highest BCUT2D eigenvalue weighted by Crippen LogP contribution is 2.38. The molecule has 0 radical (unpaired) electrons. The van der Waals surface area contributed by atoms with Crippen molar-refractivity contribution < 1.29 is 4.39 Å². The molecule has 3 rings (SSSR count). The Bertz CT molecular complexity index is 583. The van der Waals surface area contributed by atoms with Crippen molar-refractivity contribution in [2.24, 2.45) is 0 Å². The van der Waals surface area contributed by atoms with Crippen LogP contribution in [0.2, 0.25) is 0 Å². The summed E-state index contributed by atoms with van der Waals surface area (Å²) < 4.78 is 15.7. The summed E-state index contributed by atoms with van der Waals surface area (Å²) in [7, 11) is 0. The monoisotopic (exact) mass is 310 g/mol. The molecule has 0 saturated carbocycles. The van der Waals surface area contributed by atoms with Crippen LogP contribution in [0.5, 0.6) is 0 Å². The van der Waals surface area contributed by atoms with Gasteiger partial charge in [-0.2, -0.15) is 0 Å².